The summed E-state index contributed by atoms with van der Waals surface area (Å²) in [5.41, 5.74) is 0.397. The summed E-state index contributed by atoms with van der Waals surface area (Å²) in [5.74, 6) is -0.551. The van der Waals surface area contributed by atoms with E-state index in [1.807, 2.05) is 0 Å². The van der Waals surface area contributed by atoms with Crippen LogP contribution in [0.25, 0.3) is 0 Å². The lowest BCUT2D eigenvalue weighted by atomic mass is 10.1. The van der Waals surface area contributed by atoms with Gasteiger partial charge in [0, 0.05) is 11.6 Å². The first-order valence-electron chi connectivity index (χ1n) is 8.36. The van der Waals surface area contributed by atoms with Crippen LogP contribution in [-0.4, -0.2) is 43.3 Å². The largest absolute Gasteiger partial charge is 0.332 e. The molecule has 2 atom stereocenters. The number of carbonyl (C=O) groups is 2. The van der Waals surface area contributed by atoms with E-state index in [-0.39, 0.29) is 11.4 Å². The van der Waals surface area contributed by atoms with Crippen molar-refractivity contribution in [1.82, 2.24) is 9.62 Å². The Balaban J connectivity index is 1.70. The maximum atomic E-state index is 13.1. The number of amides is 3. The smallest absolute Gasteiger partial charge is 0.329 e. The monoisotopic (exact) mass is 405 g/mol. The molecule has 0 spiro atoms. The molecule has 0 bridgehead atoms. The molecule has 0 saturated carbocycles. The van der Waals surface area contributed by atoms with Gasteiger partial charge in [-0.2, -0.15) is 4.31 Å². The second kappa shape index (κ2) is 6.63. The summed E-state index contributed by atoms with van der Waals surface area (Å²) in [4.78, 5) is 26.6. The van der Waals surface area contributed by atoms with Crippen molar-refractivity contribution >= 4 is 39.2 Å². The van der Waals surface area contributed by atoms with Crippen LogP contribution in [-0.2, 0) is 14.8 Å². The molecule has 7 nitrogen and oxygen atoms in total. The molecule has 2 saturated heterocycles. The summed E-state index contributed by atoms with van der Waals surface area (Å²) in [7, 11) is -3.91. The predicted octanol–water partition coefficient (Wildman–Crippen LogP) is 2.23. The van der Waals surface area contributed by atoms with Crippen molar-refractivity contribution < 1.29 is 18.0 Å². The quantitative estimate of drug-likeness (QED) is 0.848. The fraction of sp³-hybridized carbons (Fsp3) is 0.222. The lowest BCUT2D eigenvalue weighted by Gasteiger charge is -2.36. The van der Waals surface area contributed by atoms with Crippen molar-refractivity contribution in [3.63, 3.8) is 0 Å². The number of para-hydroxylation sites is 1. The second-order valence-corrected chi connectivity index (χ2v) is 8.70. The zero-order valence-corrected chi connectivity index (χ0v) is 15.7. The van der Waals surface area contributed by atoms with E-state index in [4.69, 9.17) is 11.6 Å². The number of imide groups is 1. The number of nitrogens with one attached hydrogen (secondary N) is 1. The molecule has 3 amide bonds. The molecule has 4 rings (SSSR count). The number of sulfonamides is 1. The summed E-state index contributed by atoms with van der Waals surface area (Å²) < 4.78 is 27.3. The van der Waals surface area contributed by atoms with Gasteiger partial charge in [-0.15, -0.1) is 0 Å². The molecule has 2 aromatic rings. The van der Waals surface area contributed by atoms with Crippen LogP contribution in [0, 0.1) is 0 Å². The Morgan fingerprint density at radius 3 is 2.33 bits per heavy atom. The zero-order chi connectivity index (χ0) is 19.2. The Kier molecular flexibility index (Phi) is 4.41. The molecule has 27 heavy (non-hydrogen) atoms. The van der Waals surface area contributed by atoms with E-state index in [1.165, 1.54) is 28.6 Å². The highest BCUT2D eigenvalue weighted by molar-refractivity contribution is 7.89. The predicted molar refractivity (Wildman–Crippen MR) is 100.0 cm³/mol. The molecule has 2 aliphatic rings. The van der Waals surface area contributed by atoms with Gasteiger partial charge in [-0.05, 0) is 42.8 Å². The second-order valence-electron chi connectivity index (χ2n) is 6.37. The minimum Gasteiger partial charge on any atom is -0.332 e. The van der Waals surface area contributed by atoms with Gasteiger partial charge in [0.05, 0.1) is 16.6 Å². The summed E-state index contributed by atoms with van der Waals surface area (Å²) in [6, 6.07) is 12.2. The Morgan fingerprint density at radius 2 is 1.67 bits per heavy atom. The van der Waals surface area contributed by atoms with Gasteiger partial charge in [-0.1, -0.05) is 29.8 Å². The van der Waals surface area contributed by atoms with Gasteiger partial charge in [0.1, 0.15) is 6.04 Å². The van der Waals surface area contributed by atoms with Crippen molar-refractivity contribution in [2.45, 2.75) is 23.4 Å². The van der Waals surface area contributed by atoms with Crippen LogP contribution in [0.15, 0.2) is 59.5 Å². The van der Waals surface area contributed by atoms with Gasteiger partial charge in [-0.3, -0.25) is 4.79 Å². The maximum absolute atomic E-state index is 13.1. The van der Waals surface area contributed by atoms with Crippen LogP contribution >= 0.6 is 11.6 Å². The fourth-order valence-electron chi connectivity index (χ4n) is 3.50. The van der Waals surface area contributed by atoms with E-state index < -0.39 is 34.0 Å². The molecule has 0 radical (unpaired) electrons. The highest BCUT2D eigenvalue weighted by Crippen LogP contribution is 2.32. The first-order valence-corrected chi connectivity index (χ1v) is 10.2. The molecule has 0 aliphatic carbocycles. The number of hydrogen-bond donors (Lipinski definition) is 1. The zero-order valence-electron chi connectivity index (χ0n) is 14.1. The van der Waals surface area contributed by atoms with Crippen LogP contribution in [0.5, 0.6) is 0 Å². The van der Waals surface area contributed by atoms with E-state index in [2.05, 4.69) is 5.32 Å². The SMILES string of the molecule is O=C1N[C@@H]2CCN(S(=O)(=O)c3ccc(Cl)cc3)[C@@H]2C(=O)N1c1ccccc1. The van der Waals surface area contributed by atoms with Crippen LogP contribution in [0.3, 0.4) is 0 Å². The third-order valence-corrected chi connectivity index (χ3v) is 6.92. The molecule has 0 unspecified atom stereocenters. The molecule has 0 aromatic heterocycles. The molecular formula is C18H16ClN3O4S. The standard InChI is InChI=1S/C18H16ClN3O4S/c19-12-6-8-14(9-7-12)27(25,26)21-11-10-15-16(21)17(23)22(18(24)20-15)13-4-2-1-3-5-13/h1-9,15-16H,10-11H2,(H,20,24)/t15-,16+/m1/s1. The van der Waals surface area contributed by atoms with E-state index >= 15 is 0 Å². The normalized spacial score (nSPS) is 23.2. The van der Waals surface area contributed by atoms with Crippen molar-refractivity contribution in [1.29, 1.82) is 0 Å². The van der Waals surface area contributed by atoms with E-state index in [0.717, 1.165) is 4.90 Å². The lowest BCUT2D eigenvalue weighted by molar-refractivity contribution is -0.122. The van der Waals surface area contributed by atoms with Crippen molar-refractivity contribution in [2.24, 2.45) is 0 Å². The van der Waals surface area contributed by atoms with Gasteiger partial charge in [-0.25, -0.2) is 18.1 Å². The first-order chi connectivity index (χ1) is 12.9. The summed E-state index contributed by atoms with van der Waals surface area (Å²) in [6.07, 6.45) is 0.373. The van der Waals surface area contributed by atoms with Crippen molar-refractivity contribution in [2.75, 3.05) is 11.4 Å². The average Bonchev–Trinajstić information content (AvgIpc) is 3.08. The maximum Gasteiger partial charge on any atom is 0.329 e. The Labute approximate surface area is 161 Å². The number of fused-ring (bicyclic) bond motifs is 1. The van der Waals surface area contributed by atoms with Gasteiger partial charge < -0.3 is 5.32 Å². The van der Waals surface area contributed by atoms with Gasteiger partial charge >= 0.3 is 6.03 Å². The first kappa shape index (κ1) is 18.0. The summed E-state index contributed by atoms with van der Waals surface area (Å²) in [5, 5.41) is 3.18. The van der Waals surface area contributed by atoms with Gasteiger partial charge in [0.2, 0.25) is 10.0 Å². The number of carbonyl (C=O) groups excluding carboxylic acids is 2. The molecule has 2 aromatic carbocycles. The Bertz CT molecular complexity index is 995. The van der Waals surface area contributed by atoms with Crippen molar-refractivity contribution in [3.8, 4) is 0 Å². The molecule has 9 heteroatoms. The highest BCUT2D eigenvalue weighted by Gasteiger charge is 2.52. The molecular weight excluding hydrogens is 390 g/mol. The summed E-state index contributed by atoms with van der Waals surface area (Å²) in [6.45, 7) is 0.148. The third kappa shape index (κ3) is 2.99. The third-order valence-electron chi connectivity index (χ3n) is 4.77. The molecule has 1 N–H and O–H groups in total. The number of hydrogen-bond acceptors (Lipinski definition) is 4. The minimum atomic E-state index is -3.91. The number of urea groups is 1. The number of rotatable bonds is 3. The Morgan fingerprint density at radius 1 is 1.00 bits per heavy atom. The van der Waals surface area contributed by atoms with E-state index in [0.29, 0.717) is 17.1 Å². The average molecular weight is 406 g/mol. The fourth-order valence-corrected chi connectivity index (χ4v) is 5.26. The minimum absolute atomic E-state index is 0.0588. The van der Waals surface area contributed by atoms with Crippen LogP contribution in [0.4, 0.5) is 10.5 Å². The lowest BCUT2D eigenvalue weighted by Crippen LogP contribution is -2.64. The van der Waals surface area contributed by atoms with Crippen LogP contribution in [0.2, 0.25) is 5.02 Å². The molecule has 2 fully saturated rings. The van der Waals surface area contributed by atoms with Crippen molar-refractivity contribution in [3.05, 3.63) is 59.6 Å². The van der Waals surface area contributed by atoms with Crippen LogP contribution < -0.4 is 10.2 Å². The number of halogens is 1. The van der Waals surface area contributed by atoms with Crippen LogP contribution in [0.1, 0.15) is 6.42 Å². The molecule has 140 valence electrons. The van der Waals surface area contributed by atoms with E-state index in [1.54, 1.807) is 30.3 Å². The topological polar surface area (TPSA) is 86.8 Å². The number of nitrogens with zero attached hydrogens (tertiary/aromatic N) is 2. The highest BCUT2D eigenvalue weighted by atomic mass is 35.5. The van der Waals surface area contributed by atoms with Gasteiger partial charge in [0.25, 0.3) is 5.91 Å². The number of benzene rings is 2. The Hall–Kier alpha value is -2.42. The molecule has 2 heterocycles. The summed E-state index contributed by atoms with van der Waals surface area (Å²) >= 11 is 5.84. The van der Waals surface area contributed by atoms with Gasteiger partial charge in [0.15, 0.2) is 0 Å². The molecule has 2 aliphatic heterocycles. The number of anilines is 1. The van der Waals surface area contributed by atoms with E-state index in [9.17, 15) is 18.0 Å².